The minimum absolute atomic E-state index is 0.0547. The molecule has 0 amide bonds. The van der Waals surface area contributed by atoms with Crippen LogP contribution >= 0.6 is 11.3 Å². The van der Waals surface area contributed by atoms with Crippen LogP contribution in [0.5, 0.6) is 0 Å². The van der Waals surface area contributed by atoms with Crippen molar-refractivity contribution in [2.75, 3.05) is 19.6 Å². The lowest BCUT2D eigenvalue weighted by molar-refractivity contribution is -0.00867. The maximum atomic E-state index is 14.6. The summed E-state index contributed by atoms with van der Waals surface area (Å²) in [6.45, 7) is 6.12. The predicted octanol–water partition coefficient (Wildman–Crippen LogP) is 4.40. The second-order valence-electron chi connectivity index (χ2n) is 8.06. The number of thiophene rings is 1. The molecule has 0 N–H and O–H groups in total. The molecule has 2 nitrogen and oxygen atoms in total. The zero-order valence-electron chi connectivity index (χ0n) is 15.0. The predicted molar refractivity (Wildman–Crippen MR) is 100 cm³/mol. The molecular formula is C21H24F2N2S. The fourth-order valence-electron chi connectivity index (χ4n) is 5.55. The molecule has 0 aliphatic carbocycles. The molecule has 1 aromatic carbocycles. The van der Waals surface area contributed by atoms with Crippen molar-refractivity contribution in [2.24, 2.45) is 5.92 Å². The molecule has 4 aliphatic rings. The van der Waals surface area contributed by atoms with Gasteiger partial charge in [0.1, 0.15) is 0 Å². The lowest BCUT2D eigenvalue weighted by Crippen LogP contribution is -2.60. The lowest BCUT2D eigenvalue weighted by Gasteiger charge is -2.51. The summed E-state index contributed by atoms with van der Waals surface area (Å²) in [5.41, 5.74) is 1.91. The van der Waals surface area contributed by atoms with E-state index in [1.807, 2.05) is 11.3 Å². The van der Waals surface area contributed by atoms with Gasteiger partial charge in [-0.05, 0) is 67.4 Å². The van der Waals surface area contributed by atoms with Crippen LogP contribution in [0.2, 0.25) is 0 Å². The quantitative estimate of drug-likeness (QED) is 0.786. The molecule has 4 aliphatic heterocycles. The molecule has 6 rings (SSSR count). The molecule has 0 spiro atoms. The first-order valence-electron chi connectivity index (χ1n) is 9.58. The Morgan fingerprint density at radius 1 is 1.12 bits per heavy atom. The average Bonchev–Trinajstić information content (AvgIpc) is 3.24. The van der Waals surface area contributed by atoms with Crippen molar-refractivity contribution in [3.8, 4) is 0 Å². The fourth-order valence-corrected chi connectivity index (χ4v) is 6.48. The Bertz CT molecular complexity index is 812. The topological polar surface area (TPSA) is 6.48 Å². The van der Waals surface area contributed by atoms with Crippen molar-refractivity contribution in [1.82, 2.24) is 9.80 Å². The Kier molecular flexibility index (Phi) is 4.14. The van der Waals surface area contributed by atoms with E-state index in [1.165, 1.54) is 29.3 Å². The van der Waals surface area contributed by atoms with Gasteiger partial charge in [-0.3, -0.25) is 9.80 Å². The molecule has 1 aromatic heterocycles. The van der Waals surface area contributed by atoms with Gasteiger partial charge in [0, 0.05) is 36.0 Å². The van der Waals surface area contributed by atoms with E-state index in [-0.39, 0.29) is 5.92 Å². The first kappa shape index (κ1) is 16.8. The Hall–Kier alpha value is -1.30. The van der Waals surface area contributed by atoms with E-state index < -0.39 is 11.6 Å². The van der Waals surface area contributed by atoms with Crippen molar-refractivity contribution in [2.45, 2.75) is 44.3 Å². The number of benzene rings is 1. The molecule has 0 saturated carbocycles. The van der Waals surface area contributed by atoms with Crippen LogP contribution in [-0.2, 0) is 6.54 Å². The zero-order valence-corrected chi connectivity index (χ0v) is 15.8. The van der Waals surface area contributed by atoms with Gasteiger partial charge in [-0.25, -0.2) is 8.78 Å². The molecule has 0 radical (unpaired) electrons. The molecule has 3 atom stereocenters. The average molecular weight is 375 g/mol. The van der Waals surface area contributed by atoms with Crippen molar-refractivity contribution in [3.05, 3.63) is 57.3 Å². The van der Waals surface area contributed by atoms with Gasteiger partial charge in [0.2, 0.25) is 0 Å². The summed E-state index contributed by atoms with van der Waals surface area (Å²) in [4.78, 5) is 6.51. The van der Waals surface area contributed by atoms with Crippen LogP contribution in [0.4, 0.5) is 8.78 Å². The summed E-state index contributed by atoms with van der Waals surface area (Å²) >= 11 is 1.81. The van der Waals surface area contributed by atoms with E-state index in [9.17, 15) is 8.78 Å². The molecular weight excluding hydrogens is 350 g/mol. The summed E-state index contributed by atoms with van der Waals surface area (Å²) in [6.07, 6.45) is 2.47. The van der Waals surface area contributed by atoms with E-state index in [4.69, 9.17) is 0 Å². The molecule has 26 heavy (non-hydrogen) atoms. The van der Waals surface area contributed by atoms with E-state index in [0.717, 1.165) is 26.2 Å². The first-order valence-corrected chi connectivity index (χ1v) is 10.5. The van der Waals surface area contributed by atoms with Crippen LogP contribution in [0, 0.1) is 24.5 Å². The maximum absolute atomic E-state index is 14.6. The number of halogens is 2. The first-order chi connectivity index (χ1) is 12.6. The second-order valence-corrected chi connectivity index (χ2v) is 9.06. The molecule has 4 saturated heterocycles. The highest BCUT2D eigenvalue weighted by Gasteiger charge is 2.53. The summed E-state index contributed by atoms with van der Waals surface area (Å²) in [7, 11) is 0. The monoisotopic (exact) mass is 374 g/mol. The minimum Gasteiger partial charge on any atom is -0.298 e. The van der Waals surface area contributed by atoms with Crippen LogP contribution in [0.15, 0.2) is 29.6 Å². The number of nitrogens with zero attached hydrogens (tertiary/aromatic N) is 2. The third-order valence-corrected chi connectivity index (χ3v) is 7.80. The number of piperidine rings is 3. The largest absolute Gasteiger partial charge is 0.298 e. The van der Waals surface area contributed by atoms with E-state index >= 15 is 0 Å². The van der Waals surface area contributed by atoms with Crippen LogP contribution in [-0.4, -0.2) is 41.5 Å². The van der Waals surface area contributed by atoms with Crippen LogP contribution in [0.1, 0.15) is 34.8 Å². The molecule has 4 fully saturated rings. The van der Waals surface area contributed by atoms with Gasteiger partial charge in [0.05, 0.1) is 0 Å². The van der Waals surface area contributed by atoms with E-state index in [2.05, 4.69) is 28.2 Å². The third-order valence-electron chi connectivity index (χ3n) is 6.79. The molecule has 5 heterocycles. The fraction of sp³-hybridized carbons (Fsp3) is 0.524. The highest BCUT2D eigenvalue weighted by molar-refractivity contribution is 7.10. The van der Waals surface area contributed by atoms with Crippen molar-refractivity contribution in [1.29, 1.82) is 0 Å². The third kappa shape index (κ3) is 2.55. The van der Waals surface area contributed by atoms with Crippen molar-refractivity contribution >= 4 is 11.3 Å². The molecule has 2 bridgehead atoms. The number of hydrogen-bond donors (Lipinski definition) is 0. The van der Waals surface area contributed by atoms with Gasteiger partial charge in [-0.15, -0.1) is 11.3 Å². The minimum atomic E-state index is -0.720. The normalized spacial score (nSPS) is 33.6. The molecule has 0 unspecified atom stereocenters. The van der Waals surface area contributed by atoms with E-state index in [1.54, 1.807) is 12.1 Å². The van der Waals surface area contributed by atoms with Gasteiger partial charge < -0.3 is 0 Å². The molecule has 5 heteroatoms. The van der Waals surface area contributed by atoms with Gasteiger partial charge in [0.15, 0.2) is 11.6 Å². The smallest absolute Gasteiger partial charge is 0.162 e. The number of aryl methyl sites for hydroxylation is 1. The highest BCUT2D eigenvalue weighted by Crippen LogP contribution is 2.47. The van der Waals surface area contributed by atoms with E-state index in [0.29, 0.717) is 23.6 Å². The van der Waals surface area contributed by atoms with Crippen LogP contribution < -0.4 is 0 Å². The number of likely N-dealkylation sites (tertiary alicyclic amines) is 1. The summed E-state index contributed by atoms with van der Waals surface area (Å²) < 4.78 is 28.5. The Balaban J connectivity index is 1.52. The van der Waals surface area contributed by atoms with Gasteiger partial charge in [0.25, 0.3) is 0 Å². The summed E-state index contributed by atoms with van der Waals surface area (Å²) in [5, 5.41) is 2.15. The number of fused-ring (bicyclic) bond motifs is 2. The summed E-state index contributed by atoms with van der Waals surface area (Å²) in [6, 6.07) is 7.64. The second kappa shape index (κ2) is 6.39. The Morgan fingerprint density at radius 2 is 1.92 bits per heavy atom. The van der Waals surface area contributed by atoms with Gasteiger partial charge >= 0.3 is 0 Å². The zero-order chi connectivity index (χ0) is 17.8. The maximum Gasteiger partial charge on any atom is 0.162 e. The standard InChI is InChI=1S/C21H24F2N2S/c1-13-7-10-26-18(13)12-25-11-16(15-3-2-4-17(22)19(15)23)21-20(25)14-5-8-24(21)9-6-14/h2-4,7,10,14,16,20-21H,5-6,8-9,11-12H2,1H3/t16-,20+,21+/m0/s1. The number of hydrogen-bond acceptors (Lipinski definition) is 3. The molecule has 2 aromatic rings. The summed E-state index contributed by atoms with van der Waals surface area (Å²) in [5.74, 6) is -0.624. The van der Waals surface area contributed by atoms with Crippen molar-refractivity contribution in [3.63, 3.8) is 0 Å². The lowest BCUT2D eigenvalue weighted by atomic mass is 9.75. The van der Waals surface area contributed by atoms with Crippen molar-refractivity contribution < 1.29 is 8.78 Å². The van der Waals surface area contributed by atoms with Crippen LogP contribution in [0.3, 0.4) is 0 Å². The number of rotatable bonds is 3. The Morgan fingerprint density at radius 3 is 2.65 bits per heavy atom. The van der Waals surface area contributed by atoms with Gasteiger partial charge in [-0.2, -0.15) is 0 Å². The highest BCUT2D eigenvalue weighted by atomic mass is 32.1. The van der Waals surface area contributed by atoms with Crippen LogP contribution in [0.25, 0.3) is 0 Å². The van der Waals surface area contributed by atoms with Gasteiger partial charge in [-0.1, -0.05) is 12.1 Å². The molecule has 138 valence electrons. The SMILES string of the molecule is Cc1ccsc1CN1C[C@@H](c2cccc(F)c2F)[C@@H]2[C@H]1C1CCN2CC1. The Labute approximate surface area is 157 Å².